The molecule has 28 heavy (non-hydrogen) atoms. The number of halogens is 2. The molecule has 0 spiro atoms. The summed E-state index contributed by atoms with van der Waals surface area (Å²) >= 11 is 5.97. The van der Waals surface area contributed by atoms with Crippen molar-refractivity contribution in [2.75, 3.05) is 31.1 Å². The highest BCUT2D eigenvalue weighted by Gasteiger charge is 2.18. The van der Waals surface area contributed by atoms with Gasteiger partial charge in [-0.15, -0.1) is 24.0 Å². The van der Waals surface area contributed by atoms with Gasteiger partial charge < -0.3 is 19.9 Å². The van der Waals surface area contributed by atoms with Gasteiger partial charge in [0.2, 0.25) is 0 Å². The first-order valence-electron chi connectivity index (χ1n) is 9.09. The van der Waals surface area contributed by atoms with Crippen LogP contribution >= 0.6 is 35.6 Å². The number of hydrogen-bond acceptors (Lipinski definition) is 3. The normalized spacial score (nSPS) is 15.0. The molecular formula is C20H24ClIN6. The van der Waals surface area contributed by atoms with Gasteiger partial charge in [0.15, 0.2) is 5.96 Å². The van der Waals surface area contributed by atoms with E-state index in [9.17, 15) is 0 Å². The SMILES string of the molecule is Cc1cccc2nc(CN=C(N)N3CCN(c4ccc(Cl)cc4)CC3)cn12.I. The number of imidazole rings is 1. The maximum atomic E-state index is 6.23. The van der Waals surface area contributed by atoms with Gasteiger partial charge >= 0.3 is 0 Å². The first-order valence-corrected chi connectivity index (χ1v) is 9.47. The average molecular weight is 511 g/mol. The lowest BCUT2D eigenvalue weighted by Gasteiger charge is -2.36. The molecule has 1 fully saturated rings. The molecule has 0 aliphatic carbocycles. The Morgan fingerprint density at radius 3 is 2.50 bits per heavy atom. The van der Waals surface area contributed by atoms with Crippen LogP contribution < -0.4 is 10.6 Å². The highest BCUT2D eigenvalue weighted by Crippen LogP contribution is 2.19. The Hall–Kier alpha value is -2.00. The summed E-state index contributed by atoms with van der Waals surface area (Å²) in [4.78, 5) is 13.6. The first-order chi connectivity index (χ1) is 13.1. The topological polar surface area (TPSA) is 62.2 Å². The van der Waals surface area contributed by atoms with Crippen LogP contribution in [0.25, 0.3) is 5.65 Å². The molecule has 1 aliphatic heterocycles. The Labute approximate surface area is 187 Å². The predicted octanol–water partition coefficient (Wildman–Crippen LogP) is 3.55. The monoisotopic (exact) mass is 510 g/mol. The van der Waals surface area contributed by atoms with Crippen LogP contribution in [0, 0.1) is 6.92 Å². The van der Waals surface area contributed by atoms with Crippen molar-refractivity contribution in [3.63, 3.8) is 0 Å². The molecule has 6 nitrogen and oxygen atoms in total. The van der Waals surface area contributed by atoms with Crippen molar-refractivity contribution in [2.24, 2.45) is 10.7 Å². The third-order valence-electron chi connectivity index (χ3n) is 4.94. The van der Waals surface area contributed by atoms with Gasteiger partial charge in [-0.05, 0) is 43.3 Å². The van der Waals surface area contributed by atoms with Crippen molar-refractivity contribution >= 4 is 52.9 Å². The Bertz CT molecular complexity index is 960. The van der Waals surface area contributed by atoms with Crippen LogP contribution in [-0.4, -0.2) is 46.4 Å². The van der Waals surface area contributed by atoms with Crippen molar-refractivity contribution in [3.8, 4) is 0 Å². The molecule has 0 amide bonds. The fraction of sp³-hybridized carbons (Fsp3) is 0.300. The lowest BCUT2D eigenvalue weighted by molar-refractivity contribution is 0.380. The Morgan fingerprint density at radius 2 is 1.82 bits per heavy atom. The molecule has 1 aromatic carbocycles. The number of aromatic nitrogens is 2. The van der Waals surface area contributed by atoms with Gasteiger partial charge in [0, 0.05) is 48.8 Å². The summed E-state index contributed by atoms with van der Waals surface area (Å²) in [7, 11) is 0. The highest BCUT2D eigenvalue weighted by molar-refractivity contribution is 14.0. The number of nitrogens with two attached hydrogens (primary N) is 1. The number of nitrogens with zero attached hydrogens (tertiary/aromatic N) is 5. The molecule has 4 rings (SSSR count). The average Bonchev–Trinajstić information content (AvgIpc) is 3.11. The third kappa shape index (κ3) is 4.52. The summed E-state index contributed by atoms with van der Waals surface area (Å²) < 4.78 is 2.08. The van der Waals surface area contributed by atoms with Crippen molar-refractivity contribution in [1.82, 2.24) is 14.3 Å². The number of hydrogen-bond donors (Lipinski definition) is 1. The Balaban J connectivity index is 0.00000225. The number of guanidine groups is 1. The number of aryl methyl sites for hydroxylation is 1. The molecule has 1 saturated heterocycles. The number of aliphatic imine (C=N–C) groups is 1. The van der Waals surface area contributed by atoms with E-state index in [-0.39, 0.29) is 24.0 Å². The molecule has 2 N–H and O–H groups in total. The first kappa shape index (κ1) is 20.7. The van der Waals surface area contributed by atoms with Crippen LogP contribution in [0.1, 0.15) is 11.4 Å². The van der Waals surface area contributed by atoms with Crippen molar-refractivity contribution in [3.05, 3.63) is 65.1 Å². The summed E-state index contributed by atoms with van der Waals surface area (Å²) in [5, 5.41) is 0.760. The Morgan fingerprint density at radius 1 is 1.11 bits per heavy atom. The minimum absolute atomic E-state index is 0. The number of benzene rings is 1. The zero-order valence-electron chi connectivity index (χ0n) is 15.8. The molecule has 3 aromatic rings. The number of fused-ring (bicyclic) bond motifs is 1. The van der Waals surface area contributed by atoms with Crippen LogP contribution in [0.5, 0.6) is 0 Å². The molecule has 148 valence electrons. The van der Waals surface area contributed by atoms with E-state index in [1.807, 2.05) is 30.5 Å². The molecule has 0 saturated carbocycles. The second kappa shape index (κ2) is 9.00. The number of anilines is 1. The summed E-state index contributed by atoms with van der Waals surface area (Å²) in [6, 6.07) is 14.0. The summed E-state index contributed by atoms with van der Waals surface area (Å²) in [6.45, 7) is 6.07. The van der Waals surface area contributed by atoms with E-state index in [1.54, 1.807) is 0 Å². The van der Waals surface area contributed by atoms with E-state index in [1.165, 1.54) is 5.69 Å². The smallest absolute Gasteiger partial charge is 0.191 e. The van der Waals surface area contributed by atoms with E-state index < -0.39 is 0 Å². The quantitative estimate of drug-likeness (QED) is 0.333. The minimum atomic E-state index is 0. The van der Waals surface area contributed by atoms with Gasteiger partial charge in [0.25, 0.3) is 0 Å². The van der Waals surface area contributed by atoms with Crippen LogP contribution in [0.3, 0.4) is 0 Å². The maximum absolute atomic E-state index is 6.23. The summed E-state index contributed by atoms with van der Waals surface area (Å²) in [5.41, 5.74) is 10.4. The maximum Gasteiger partial charge on any atom is 0.191 e. The fourth-order valence-corrected chi connectivity index (χ4v) is 3.51. The van der Waals surface area contributed by atoms with E-state index in [2.05, 4.69) is 49.3 Å². The number of pyridine rings is 1. The number of piperazine rings is 1. The van der Waals surface area contributed by atoms with Crippen molar-refractivity contribution in [2.45, 2.75) is 13.5 Å². The molecule has 0 unspecified atom stereocenters. The summed E-state index contributed by atoms with van der Waals surface area (Å²) in [5.74, 6) is 0.583. The van der Waals surface area contributed by atoms with E-state index in [4.69, 9.17) is 17.3 Å². The molecule has 0 bridgehead atoms. The molecule has 8 heteroatoms. The van der Waals surface area contributed by atoms with Crippen LogP contribution in [0.2, 0.25) is 5.02 Å². The predicted molar refractivity (Wildman–Crippen MR) is 126 cm³/mol. The highest BCUT2D eigenvalue weighted by atomic mass is 127. The van der Waals surface area contributed by atoms with Gasteiger partial charge in [-0.2, -0.15) is 0 Å². The van der Waals surface area contributed by atoms with Gasteiger partial charge in [0.1, 0.15) is 5.65 Å². The third-order valence-corrected chi connectivity index (χ3v) is 5.20. The molecule has 0 atom stereocenters. The molecule has 0 radical (unpaired) electrons. The largest absolute Gasteiger partial charge is 0.370 e. The standard InChI is InChI=1S/C20H23ClN6.HI/c1-15-3-2-4-19-24-17(14-27(15)19)13-23-20(22)26-11-9-25(10-12-26)18-7-5-16(21)6-8-18;/h2-8,14H,9-13H2,1H3,(H2,22,23);1H. The van der Waals surface area contributed by atoms with Gasteiger partial charge in [-0.3, -0.25) is 0 Å². The lowest BCUT2D eigenvalue weighted by atomic mass is 10.2. The molecule has 1 aliphatic rings. The number of rotatable bonds is 3. The lowest BCUT2D eigenvalue weighted by Crippen LogP contribution is -2.51. The zero-order chi connectivity index (χ0) is 18.8. The van der Waals surface area contributed by atoms with Crippen LogP contribution in [0.15, 0.2) is 53.7 Å². The van der Waals surface area contributed by atoms with Crippen LogP contribution in [0.4, 0.5) is 5.69 Å². The Kier molecular flexibility index (Phi) is 6.66. The second-order valence-corrected chi connectivity index (χ2v) is 7.19. The van der Waals surface area contributed by atoms with E-state index >= 15 is 0 Å². The van der Waals surface area contributed by atoms with E-state index in [0.29, 0.717) is 12.5 Å². The molecular weight excluding hydrogens is 487 g/mol. The molecule has 3 heterocycles. The summed E-state index contributed by atoms with van der Waals surface area (Å²) in [6.07, 6.45) is 2.03. The van der Waals surface area contributed by atoms with Gasteiger partial charge in [0.05, 0.1) is 12.2 Å². The minimum Gasteiger partial charge on any atom is -0.370 e. The van der Waals surface area contributed by atoms with Gasteiger partial charge in [-0.25, -0.2) is 9.98 Å². The van der Waals surface area contributed by atoms with Crippen LogP contribution in [-0.2, 0) is 6.54 Å². The van der Waals surface area contributed by atoms with Gasteiger partial charge in [-0.1, -0.05) is 17.7 Å². The van der Waals surface area contributed by atoms with Crippen molar-refractivity contribution in [1.29, 1.82) is 0 Å². The van der Waals surface area contributed by atoms with E-state index in [0.717, 1.165) is 48.2 Å². The second-order valence-electron chi connectivity index (χ2n) is 6.75. The molecule has 2 aromatic heterocycles. The zero-order valence-corrected chi connectivity index (χ0v) is 18.8. The van der Waals surface area contributed by atoms with Crippen molar-refractivity contribution < 1.29 is 0 Å². The fourth-order valence-electron chi connectivity index (χ4n) is 3.38.